The van der Waals surface area contributed by atoms with Crippen molar-refractivity contribution >= 4 is 35.5 Å². The van der Waals surface area contributed by atoms with Crippen molar-refractivity contribution in [2.75, 3.05) is 6.54 Å². The maximum Gasteiger partial charge on any atom is 0.303 e. The van der Waals surface area contributed by atoms with Crippen molar-refractivity contribution in [2.45, 2.75) is 123 Å². The number of nitrogens with one attached hydrogen (secondary N) is 4. The third-order valence-corrected chi connectivity index (χ3v) is 8.53. The van der Waals surface area contributed by atoms with Crippen LogP contribution in [0.15, 0.2) is 24.3 Å². The van der Waals surface area contributed by atoms with Gasteiger partial charge in [-0.15, -0.1) is 0 Å². The lowest BCUT2D eigenvalue weighted by Crippen LogP contribution is -2.56. The first kappa shape index (κ1) is 38.2. The molecular weight excluding hydrogens is 592 g/mol. The van der Waals surface area contributed by atoms with Crippen LogP contribution in [0.25, 0.3) is 0 Å². The van der Waals surface area contributed by atoms with Crippen LogP contribution >= 0.6 is 0 Å². The van der Waals surface area contributed by atoms with Crippen molar-refractivity contribution in [3.8, 4) is 0 Å². The highest BCUT2D eigenvalue weighted by atomic mass is 16.4. The minimum Gasteiger partial charge on any atom is -0.481 e. The molecule has 1 aromatic rings. The molecule has 256 valence electrons. The van der Waals surface area contributed by atoms with E-state index in [1.165, 1.54) is 0 Å². The molecule has 13 heteroatoms. The molecule has 1 heterocycles. The van der Waals surface area contributed by atoms with Gasteiger partial charge in [-0.2, -0.15) is 0 Å². The maximum atomic E-state index is 13.4. The molecule has 1 aliphatic heterocycles. The second-order valence-corrected chi connectivity index (χ2v) is 12.4. The molecule has 0 aliphatic carbocycles. The van der Waals surface area contributed by atoms with Crippen LogP contribution < -0.4 is 27.0 Å². The van der Waals surface area contributed by atoms with Crippen LogP contribution in [0, 0.1) is 5.92 Å². The molecule has 46 heavy (non-hydrogen) atoms. The van der Waals surface area contributed by atoms with Gasteiger partial charge in [0.1, 0.15) is 12.1 Å². The molecule has 1 saturated heterocycles. The van der Waals surface area contributed by atoms with E-state index in [-0.39, 0.29) is 55.5 Å². The Balaban J connectivity index is 1.95. The lowest BCUT2D eigenvalue weighted by molar-refractivity contribution is -0.137. The Labute approximate surface area is 271 Å². The molecule has 0 aromatic heterocycles. The van der Waals surface area contributed by atoms with E-state index in [0.717, 1.165) is 11.1 Å². The number of carbonyl (C=O) groups is 6. The Hall–Kier alpha value is -4.00. The van der Waals surface area contributed by atoms with Crippen molar-refractivity contribution in [1.82, 2.24) is 26.2 Å². The summed E-state index contributed by atoms with van der Waals surface area (Å²) in [7, 11) is 0. The van der Waals surface area contributed by atoms with Gasteiger partial charge in [0.15, 0.2) is 0 Å². The van der Waals surface area contributed by atoms with Gasteiger partial charge in [-0.1, -0.05) is 57.9 Å². The number of nitrogens with two attached hydrogens (primary N) is 1. The van der Waals surface area contributed by atoms with Gasteiger partial charge < -0.3 is 32.1 Å². The molecule has 2 rings (SSSR count). The number of carboxylic acid groups (broad SMARTS) is 1. The highest BCUT2D eigenvalue weighted by Crippen LogP contribution is 2.21. The van der Waals surface area contributed by atoms with Gasteiger partial charge in [0.05, 0.1) is 12.5 Å². The zero-order valence-corrected chi connectivity index (χ0v) is 27.8. The highest BCUT2D eigenvalue weighted by molar-refractivity contribution is 5.92. The summed E-state index contributed by atoms with van der Waals surface area (Å²) in [5.74, 6) is -2.92. The largest absolute Gasteiger partial charge is 0.481 e. The number of likely N-dealkylation sites (tertiary alicyclic amines) is 1. The Morgan fingerprint density at radius 1 is 0.957 bits per heavy atom. The number of primary amides is 1. The Morgan fingerprint density at radius 2 is 1.61 bits per heavy atom. The first-order valence-corrected chi connectivity index (χ1v) is 16.3. The molecule has 5 amide bonds. The number of carboxylic acids is 1. The quantitative estimate of drug-likeness (QED) is 0.130. The summed E-state index contributed by atoms with van der Waals surface area (Å²) in [6.45, 7) is 10.3. The molecule has 1 fully saturated rings. The summed E-state index contributed by atoms with van der Waals surface area (Å²) >= 11 is 0. The van der Waals surface area contributed by atoms with Gasteiger partial charge in [0, 0.05) is 38.0 Å². The molecule has 0 radical (unpaired) electrons. The molecular formula is C33H52N6O7. The molecule has 7 N–H and O–H groups in total. The summed E-state index contributed by atoms with van der Waals surface area (Å²) in [6.07, 6.45) is 2.49. The first-order valence-electron chi connectivity index (χ1n) is 16.3. The summed E-state index contributed by atoms with van der Waals surface area (Å²) in [6, 6.07) is 5.04. The van der Waals surface area contributed by atoms with Crippen LogP contribution in [0.1, 0.15) is 90.7 Å². The number of hydrogen-bond acceptors (Lipinski definition) is 7. The predicted octanol–water partition coefficient (Wildman–Crippen LogP) is 1.37. The first-order chi connectivity index (χ1) is 21.7. The monoisotopic (exact) mass is 644 g/mol. The van der Waals surface area contributed by atoms with Crippen molar-refractivity contribution < 1.29 is 33.9 Å². The third-order valence-electron chi connectivity index (χ3n) is 8.53. The molecule has 0 bridgehead atoms. The van der Waals surface area contributed by atoms with Crippen LogP contribution in [0.5, 0.6) is 0 Å². The zero-order chi connectivity index (χ0) is 34.4. The smallest absolute Gasteiger partial charge is 0.303 e. The minimum atomic E-state index is -0.989. The number of rotatable bonds is 19. The van der Waals surface area contributed by atoms with Crippen molar-refractivity contribution in [2.24, 2.45) is 11.7 Å². The number of nitrogens with zero attached hydrogens (tertiary/aromatic N) is 1. The number of aliphatic carboxylic acids is 1. The van der Waals surface area contributed by atoms with E-state index in [1.54, 1.807) is 0 Å². The lowest BCUT2D eigenvalue weighted by atomic mass is 9.97. The van der Waals surface area contributed by atoms with Crippen molar-refractivity contribution in [3.63, 3.8) is 0 Å². The summed E-state index contributed by atoms with van der Waals surface area (Å²) < 4.78 is 0. The van der Waals surface area contributed by atoms with Crippen LogP contribution in [-0.2, 0) is 41.7 Å². The van der Waals surface area contributed by atoms with Gasteiger partial charge in [-0.3, -0.25) is 33.7 Å². The van der Waals surface area contributed by atoms with Crippen LogP contribution in [0.2, 0.25) is 0 Å². The van der Waals surface area contributed by atoms with E-state index < -0.39 is 41.8 Å². The fraction of sp³-hybridized carbons (Fsp3) is 0.636. The average Bonchev–Trinajstić information content (AvgIpc) is 3.36. The van der Waals surface area contributed by atoms with Crippen LogP contribution in [-0.4, -0.2) is 82.3 Å². The average molecular weight is 645 g/mol. The molecule has 6 atom stereocenters. The van der Waals surface area contributed by atoms with E-state index >= 15 is 0 Å². The molecule has 1 aromatic carbocycles. The zero-order valence-electron chi connectivity index (χ0n) is 27.8. The summed E-state index contributed by atoms with van der Waals surface area (Å²) in [4.78, 5) is 76.1. The standard InChI is InChI=1S/C33H52N6O7/c1-6-9-26(37-33(46)30(20(3)7-2)38-28(41)10-8-11-29(42)43)32(45)36-25-16-21(4)39(19-25)22(5)31(44)35-18-24-14-12-23(13-15-24)17-27(34)40/h12-15,20-22,25-26,30H,6-11,16-19H2,1-5H3,(H2,34,40)(H,35,44)(H,36,45)(H,37,46)(H,38,41)(H,42,43)/t20-,21?,22-,25-,26-,30-/m0/s1. The third kappa shape index (κ3) is 12.4. The van der Waals surface area contributed by atoms with Crippen molar-refractivity contribution in [1.29, 1.82) is 0 Å². The van der Waals surface area contributed by atoms with Crippen molar-refractivity contribution in [3.05, 3.63) is 35.4 Å². The Kier molecular flexibility index (Phi) is 15.6. The minimum absolute atomic E-state index is 0.0102. The van der Waals surface area contributed by atoms with Gasteiger partial charge in [-0.05, 0) is 50.2 Å². The van der Waals surface area contributed by atoms with Gasteiger partial charge >= 0.3 is 5.97 Å². The number of benzene rings is 1. The predicted molar refractivity (Wildman–Crippen MR) is 173 cm³/mol. The fourth-order valence-electron chi connectivity index (χ4n) is 5.63. The lowest BCUT2D eigenvalue weighted by Gasteiger charge is -2.28. The molecule has 0 spiro atoms. The fourth-order valence-corrected chi connectivity index (χ4v) is 5.63. The number of hydrogen-bond donors (Lipinski definition) is 6. The molecule has 0 saturated carbocycles. The van der Waals surface area contributed by atoms with Gasteiger partial charge in [-0.25, -0.2) is 0 Å². The Bertz CT molecular complexity index is 1210. The molecule has 13 nitrogen and oxygen atoms in total. The normalized spacial score (nSPS) is 18.9. The van der Waals surface area contributed by atoms with E-state index in [9.17, 15) is 28.8 Å². The van der Waals surface area contributed by atoms with Gasteiger partial charge in [0.2, 0.25) is 29.5 Å². The second-order valence-electron chi connectivity index (χ2n) is 12.4. The highest BCUT2D eigenvalue weighted by Gasteiger charge is 2.37. The van der Waals surface area contributed by atoms with Crippen LogP contribution in [0.4, 0.5) is 0 Å². The number of carbonyl (C=O) groups excluding carboxylic acids is 5. The van der Waals surface area contributed by atoms with E-state index in [4.69, 9.17) is 10.8 Å². The van der Waals surface area contributed by atoms with Crippen LogP contribution in [0.3, 0.4) is 0 Å². The maximum absolute atomic E-state index is 13.4. The Morgan fingerprint density at radius 3 is 2.20 bits per heavy atom. The molecule has 1 unspecified atom stereocenters. The number of amides is 5. The second kappa shape index (κ2) is 18.8. The van der Waals surface area contributed by atoms with Gasteiger partial charge in [0.25, 0.3) is 0 Å². The van der Waals surface area contributed by atoms with E-state index in [1.807, 2.05) is 63.8 Å². The molecule has 1 aliphatic rings. The summed E-state index contributed by atoms with van der Waals surface area (Å²) in [5, 5.41) is 20.4. The SMILES string of the molecule is CCC[C@H](NC(=O)[C@@H](NC(=O)CCCC(=O)O)[C@@H](C)CC)C(=O)N[C@H]1CC(C)N([C@@H](C)C(=O)NCc2ccc(CC(N)=O)cc2)C1. The summed E-state index contributed by atoms with van der Waals surface area (Å²) in [5.41, 5.74) is 6.94. The van der Waals surface area contributed by atoms with E-state index in [0.29, 0.717) is 38.8 Å². The topological polar surface area (TPSA) is 200 Å². The van der Waals surface area contributed by atoms with E-state index in [2.05, 4.69) is 21.3 Å².